The standard InChI is InChI=1S/C13H15F2N3O2/c1-9(12(20)16-6-13(14,15)7-19)18-8-17-10-4-2-3-5-11(10)18/h2-5,8-9,19H,6-7H2,1H3,(H,16,20). The lowest BCUT2D eigenvalue weighted by Crippen LogP contribution is -2.41. The highest BCUT2D eigenvalue weighted by Crippen LogP contribution is 2.18. The number of halogens is 2. The van der Waals surface area contributed by atoms with E-state index >= 15 is 0 Å². The molecule has 0 spiro atoms. The van der Waals surface area contributed by atoms with Gasteiger partial charge in [0.2, 0.25) is 5.91 Å². The number of hydrogen-bond donors (Lipinski definition) is 2. The minimum atomic E-state index is -3.31. The fraction of sp³-hybridized carbons (Fsp3) is 0.385. The van der Waals surface area contributed by atoms with Crippen LogP contribution in [0.4, 0.5) is 8.78 Å². The van der Waals surface area contributed by atoms with Crippen LogP contribution in [0, 0.1) is 0 Å². The molecule has 0 aliphatic rings. The number of nitrogens with zero attached hydrogens (tertiary/aromatic N) is 2. The van der Waals surface area contributed by atoms with Crippen LogP contribution >= 0.6 is 0 Å². The van der Waals surface area contributed by atoms with Crippen LogP contribution < -0.4 is 5.32 Å². The van der Waals surface area contributed by atoms with Gasteiger partial charge in [-0.25, -0.2) is 13.8 Å². The maximum absolute atomic E-state index is 12.9. The predicted molar refractivity (Wildman–Crippen MR) is 69.5 cm³/mol. The molecular formula is C13H15F2N3O2. The molecule has 5 nitrogen and oxygen atoms in total. The molecular weight excluding hydrogens is 268 g/mol. The molecule has 20 heavy (non-hydrogen) atoms. The Kier molecular flexibility index (Phi) is 3.99. The number of carbonyl (C=O) groups excluding carboxylic acids is 1. The molecule has 0 aliphatic carbocycles. The first-order valence-corrected chi connectivity index (χ1v) is 6.12. The van der Waals surface area contributed by atoms with Crippen LogP contribution in [0.5, 0.6) is 0 Å². The molecule has 1 heterocycles. The van der Waals surface area contributed by atoms with Crippen molar-refractivity contribution in [3.05, 3.63) is 30.6 Å². The topological polar surface area (TPSA) is 67.2 Å². The first-order chi connectivity index (χ1) is 9.44. The Bertz CT molecular complexity index is 612. The lowest BCUT2D eigenvalue weighted by Gasteiger charge is -2.18. The third kappa shape index (κ3) is 2.93. The normalized spacial score (nSPS) is 13.4. The van der Waals surface area contributed by atoms with E-state index in [0.29, 0.717) is 0 Å². The highest BCUT2D eigenvalue weighted by molar-refractivity contribution is 5.83. The molecule has 1 aromatic heterocycles. The largest absolute Gasteiger partial charge is 0.390 e. The molecule has 108 valence electrons. The molecule has 2 aromatic rings. The summed E-state index contributed by atoms with van der Waals surface area (Å²) >= 11 is 0. The van der Waals surface area contributed by atoms with Crippen molar-refractivity contribution in [1.29, 1.82) is 0 Å². The predicted octanol–water partition coefficient (Wildman–Crippen LogP) is 1.34. The summed E-state index contributed by atoms with van der Waals surface area (Å²) in [7, 11) is 0. The molecule has 2 N–H and O–H groups in total. The molecule has 1 unspecified atom stereocenters. The Morgan fingerprint density at radius 1 is 1.50 bits per heavy atom. The van der Waals surface area contributed by atoms with E-state index in [4.69, 9.17) is 5.11 Å². The zero-order valence-electron chi connectivity index (χ0n) is 10.9. The van der Waals surface area contributed by atoms with E-state index < -0.39 is 31.0 Å². The summed E-state index contributed by atoms with van der Waals surface area (Å²) in [5, 5.41) is 10.6. The van der Waals surface area contributed by atoms with E-state index in [-0.39, 0.29) is 0 Å². The number of imidazole rings is 1. The second-order valence-corrected chi connectivity index (χ2v) is 4.55. The van der Waals surface area contributed by atoms with E-state index in [9.17, 15) is 13.6 Å². The molecule has 7 heteroatoms. The summed E-state index contributed by atoms with van der Waals surface area (Å²) in [6, 6.07) is 6.57. The monoisotopic (exact) mass is 283 g/mol. The number of aromatic nitrogens is 2. The number of hydrogen-bond acceptors (Lipinski definition) is 3. The molecule has 1 amide bonds. The van der Waals surface area contributed by atoms with Gasteiger partial charge in [-0.3, -0.25) is 4.79 Å². The maximum atomic E-state index is 12.9. The van der Waals surface area contributed by atoms with Crippen molar-refractivity contribution in [2.24, 2.45) is 0 Å². The second-order valence-electron chi connectivity index (χ2n) is 4.55. The van der Waals surface area contributed by atoms with Crippen LogP contribution in [0.15, 0.2) is 30.6 Å². The second kappa shape index (κ2) is 5.54. The van der Waals surface area contributed by atoms with Crippen molar-refractivity contribution in [2.75, 3.05) is 13.2 Å². The Morgan fingerprint density at radius 2 is 2.20 bits per heavy atom. The van der Waals surface area contributed by atoms with Gasteiger partial charge in [0.25, 0.3) is 5.92 Å². The zero-order valence-corrected chi connectivity index (χ0v) is 10.9. The van der Waals surface area contributed by atoms with Gasteiger partial charge >= 0.3 is 0 Å². The van der Waals surface area contributed by atoms with Crippen molar-refractivity contribution in [3.8, 4) is 0 Å². The summed E-state index contributed by atoms with van der Waals surface area (Å²) in [5.74, 6) is -3.87. The minimum Gasteiger partial charge on any atom is -0.390 e. The van der Waals surface area contributed by atoms with Gasteiger partial charge in [-0.1, -0.05) is 12.1 Å². The third-order valence-corrected chi connectivity index (χ3v) is 3.03. The fourth-order valence-corrected chi connectivity index (χ4v) is 1.83. The Labute approximate surface area is 114 Å². The summed E-state index contributed by atoms with van der Waals surface area (Å²) in [6.45, 7) is -0.588. The van der Waals surface area contributed by atoms with Crippen LogP contribution in [0.25, 0.3) is 11.0 Å². The van der Waals surface area contributed by atoms with Gasteiger partial charge in [0.05, 0.1) is 23.9 Å². The van der Waals surface area contributed by atoms with Crippen LogP contribution in [-0.2, 0) is 4.79 Å². The van der Waals surface area contributed by atoms with Crippen molar-refractivity contribution < 1.29 is 18.7 Å². The van der Waals surface area contributed by atoms with Gasteiger partial charge in [-0.15, -0.1) is 0 Å². The number of para-hydroxylation sites is 2. The Morgan fingerprint density at radius 3 is 2.90 bits per heavy atom. The molecule has 0 saturated carbocycles. The molecule has 1 atom stereocenters. The maximum Gasteiger partial charge on any atom is 0.287 e. The molecule has 0 saturated heterocycles. The van der Waals surface area contributed by atoms with Gasteiger partial charge in [0.15, 0.2) is 0 Å². The van der Waals surface area contributed by atoms with Crippen LogP contribution in [0.1, 0.15) is 13.0 Å². The third-order valence-electron chi connectivity index (χ3n) is 3.03. The molecule has 2 rings (SSSR count). The van der Waals surface area contributed by atoms with Crippen LogP contribution in [0.2, 0.25) is 0 Å². The van der Waals surface area contributed by atoms with Gasteiger partial charge in [0, 0.05) is 0 Å². The SMILES string of the molecule is CC(C(=O)NCC(F)(F)CO)n1cnc2ccccc21. The minimum absolute atomic E-state index is 0.554. The van der Waals surface area contributed by atoms with Crippen LogP contribution in [0.3, 0.4) is 0 Å². The van der Waals surface area contributed by atoms with Gasteiger partial charge in [-0.05, 0) is 19.1 Å². The lowest BCUT2D eigenvalue weighted by molar-refractivity contribution is -0.126. The number of benzene rings is 1. The summed E-state index contributed by atoms with van der Waals surface area (Å²) < 4.78 is 27.4. The number of alkyl halides is 2. The average Bonchev–Trinajstić information content (AvgIpc) is 2.88. The highest BCUT2D eigenvalue weighted by Gasteiger charge is 2.29. The number of carbonyl (C=O) groups is 1. The number of rotatable bonds is 5. The summed E-state index contributed by atoms with van der Waals surface area (Å²) in [4.78, 5) is 16.0. The van der Waals surface area contributed by atoms with Crippen LogP contribution in [-0.4, -0.2) is 39.6 Å². The van der Waals surface area contributed by atoms with Gasteiger partial charge in [0.1, 0.15) is 12.6 Å². The highest BCUT2D eigenvalue weighted by atomic mass is 19.3. The summed E-state index contributed by atoms with van der Waals surface area (Å²) in [6.07, 6.45) is 1.50. The van der Waals surface area contributed by atoms with Crippen molar-refractivity contribution >= 4 is 16.9 Å². The fourth-order valence-electron chi connectivity index (χ4n) is 1.83. The molecule has 1 aromatic carbocycles. The van der Waals surface area contributed by atoms with Gasteiger partial charge in [-0.2, -0.15) is 0 Å². The number of aliphatic hydroxyl groups is 1. The Hall–Kier alpha value is -2.02. The molecule has 0 fully saturated rings. The first kappa shape index (κ1) is 14.4. The number of aliphatic hydroxyl groups excluding tert-OH is 1. The number of fused-ring (bicyclic) bond motifs is 1. The van der Waals surface area contributed by atoms with E-state index in [1.165, 1.54) is 6.33 Å². The number of nitrogens with one attached hydrogen (secondary N) is 1. The zero-order chi connectivity index (χ0) is 14.8. The van der Waals surface area contributed by atoms with Crippen molar-refractivity contribution in [2.45, 2.75) is 18.9 Å². The Balaban J connectivity index is 2.11. The molecule has 0 bridgehead atoms. The van der Waals surface area contributed by atoms with E-state index in [1.54, 1.807) is 23.6 Å². The molecule has 0 radical (unpaired) electrons. The first-order valence-electron chi connectivity index (χ1n) is 6.12. The lowest BCUT2D eigenvalue weighted by atomic mass is 10.2. The van der Waals surface area contributed by atoms with E-state index in [1.807, 2.05) is 12.1 Å². The van der Waals surface area contributed by atoms with Crippen molar-refractivity contribution in [1.82, 2.24) is 14.9 Å². The molecule has 0 aliphatic heterocycles. The van der Waals surface area contributed by atoms with E-state index in [0.717, 1.165) is 11.0 Å². The number of amides is 1. The smallest absolute Gasteiger partial charge is 0.287 e. The summed E-state index contributed by atoms with van der Waals surface area (Å²) in [5.41, 5.74) is 1.48. The quantitative estimate of drug-likeness (QED) is 0.870. The average molecular weight is 283 g/mol. The van der Waals surface area contributed by atoms with Gasteiger partial charge < -0.3 is 15.0 Å². The van der Waals surface area contributed by atoms with E-state index in [2.05, 4.69) is 10.3 Å². The van der Waals surface area contributed by atoms with Crippen molar-refractivity contribution in [3.63, 3.8) is 0 Å².